The lowest BCUT2D eigenvalue weighted by Gasteiger charge is -2.06. The topological polar surface area (TPSA) is 9.23 Å². The van der Waals surface area contributed by atoms with Crippen LogP contribution >= 0.6 is 0 Å². The van der Waals surface area contributed by atoms with Crippen LogP contribution in [0.3, 0.4) is 0 Å². The standard InChI is InChI=1S/C4H9BO/c1-2-4-6-5-3-1/h5H,1-4H2. The average molecular weight is 83.9 g/mol. The van der Waals surface area contributed by atoms with Crippen LogP contribution in [-0.4, -0.2) is 14.1 Å². The molecule has 1 saturated heterocycles. The lowest BCUT2D eigenvalue weighted by Crippen LogP contribution is -2.06. The molecule has 2 heteroatoms. The third-order valence-electron chi connectivity index (χ3n) is 1.08. The normalized spacial score (nSPS) is 22.7. The predicted octanol–water partition coefficient (Wildman–Crippen LogP) is 0.567. The van der Waals surface area contributed by atoms with E-state index >= 15 is 0 Å². The van der Waals surface area contributed by atoms with Gasteiger partial charge in [0, 0.05) is 6.61 Å². The van der Waals surface area contributed by atoms with E-state index in [1.54, 1.807) is 0 Å². The fourth-order valence-corrected chi connectivity index (χ4v) is 0.687. The minimum atomic E-state index is 1.00. The van der Waals surface area contributed by atoms with E-state index in [-0.39, 0.29) is 0 Å². The van der Waals surface area contributed by atoms with E-state index in [4.69, 9.17) is 4.65 Å². The van der Waals surface area contributed by atoms with E-state index in [0.717, 1.165) is 14.1 Å². The SMILES string of the molecule is B1CCCCO1. The first kappa shape index (κ1) is 4.19. The van der Waals surface area contributed by atoms with Crippen molar-refractivity contribution in [3.8, 4) is 0 Å². The Bertz CT molecular complexity index is 23.0. The number of rotatable bonds is 0. The molecule has 34 valence electrons. The van der Waals surface area contributed by atoms with Gasteiger partial charge >= 0.3 is 0 Å². The van der Waals surface area contributed by atoms with E-state index < -0.39 is 0 Å². The Balaban J connectivity index is 2.00. The summed E-state index contributed by atoms with van der Waals surface area (Å²) < 4.78 is 5.07. The van der Waals surface area contributed by atoms with Crippen LogP contribution in [0, 0.1) is 0 Å². The summed E-state index contributed by atoms with van der Waals surface area (Å²) in [5, 5.41) is 0. The monoisotopic (exact) mass is 84.1 g/mol. The molecule has 6 heavy (non-hydrogen) atoms. The van der Waals surface area contributed by atoms with Crippen molar-refractivity contribution >= 4 is 7.48 Å². The summed E-state index contributed by atoms with van der Waals surface area (Å²) in [5.74, 6) is 0. The van der Waals surface area contributed by atoms with Crippen LogP contribution in [0.25, 0.3) is 0 Å². The fourth-order valence-electron chi connectivity index (χ4n) is 0.687. The molecule has 1 aliphatic heterocycles. The molecular weight excluding hydrogens is 74.9 g/mol. The average Bonchev–Trinajstić information content (AvgIpc) is 1.72. The minimum absolute atomic E-state index is 1.00. The van der Waals surface area contributed by atoms with E-state index in [1.807, 2.05) is 0 Å². The summed E-state index contributed by atoms with van der Waals surface area (Å²) in [5.41, 5.74) is 0. The van der Waals surface area contributed by atoms with Crippen molar-refractivity contribution < 1.29 is 4.65 Å². The van der Waals surface area contributed by atoms with Crippen LogP contribution in [0.2, 0.25) is 6.32 Å². The van der Waals surface area contributed by atoms with Crippen molar-refractivity contribution in [2.45, 2.75) is 19.2 Å². The van der Waals surface area contributed by atoms with Gasteiger partial charge in [-0.3, -0.25) is 0 Å². The molecule has 0 unspecified atom stereocenters. The van der Waals surface area contributed by atoms with Crippen LogP contribution in [0.1, 0.15) is 12.8 Å². The molecular formula is C4H9BO. The Morgan fingerprint density at radius 2 is 2.33 bits per heavy atom. The summed E-state index contributed by atoms with van der Waals surface area (Å²) >= 11 is 0. The highest BCUT2D eigenvalue weighted by molar-refractivity contribution is 6.27. The predicted molar refractivity (Wildman–Crippen MR) is 27.1 cm³/mol. The molecule has 1 nitrogen and oxygen atoms in total. The molecule has 1 aliphatic rings. The molecule has 0 atom stereocenters. The lowest BCUT2D eigenvalue weighted by molar-refractivity contribution is 0.304. The summed E-state index contributed by atoms with van der Waals surface area (Å²) in [7, 11) is 1.00. The van der Waals surface area contributed by atoms with Crippen LogP contribution in [0.5, 0.6) is 0 Å². The highest BCUT2D eigenvalue weighted by Gasteiger charge is 1.97. The molecule has 1 heterocycles. The molecule has 0 spiro atoms. The first-order valence-electron chi connectivity index (χ1n) is 2.58. The quantitative estimate of drug-likeness (QED) is 0.390. The van der Waals surface area contributed by atoms with Gasteiger partial charge in [-0.25, -0.2) is 0 Å². The first-order chi connectivity index (χ1) is 3.00. The van der Waals surface area contributed by atoms with Gasteiger partial charge in [-0.05, 0) is 6.42 Å². The zero-order valence-corrected chi connectivity index (χ0v) is 3.94. The van der Waals surface area contributed by atoms with E-state index in [1.165, 1.54) is 19.2 Å². The number of hydrogen-bond donors (Lipinski definition) is 0. The van der Waals surface area contributed by atoms with Gasteiger partial charge in [-0.1, -0.05) is 12.7 Å². The summed E-state index contributed by atoms with van der Waals surface area (Å²) in [4.78, 5) is 0. The molecule has 1 fully saturated rings. The zero-order valence-electron chi connectivity index (χ0n) is 3.94. The number of hydrogen-bond acceptors (Lipinski definition) is 1. The zero-order chi connectivity index (χ0) is 4.24. The molecule has 0 aromatic carbocycles. The summed E-state index contributed by atoms with van der Waals surface area (Å²) in [6, 6.07) is 0. The maximum absolute atomic E-state index is 5.07. The molecule has 0 saturated carbocycles. The van der Waals surface area contributed by atoms with Gasteiger partial charge in [0.05, 0.1) is 0 Å². The lowest BCUT2D eigenvalue weighted by atomic mass is 9.89. The maximum Gasteiger partial charge on any atom is 0.274 e. The Hall–Kier alpha value is 0.0249. The van der Waals surface area contributed by atoms with Crippen molar-refractivity contribution in [2.75, 3.05) is 6.61 Å². The highest BCUT2D eigenvalue weighted by Crippen LogP contribution is 2.01. The van der Waals surface area contributed by atoms with Gasteiger partial charge in [0.2, 0.25) is 0 Å². The van der Waals surface area contributed by atoms with Gasteiger partial charge in [0.15, 0.2) is 0 Å². The second kappa shape index (κ2) is 2.24. The minimum Gasteiger partial charge on any atom is -0.439 e. The van der Waals surface area contributed by atoms with Gasteiger partial charge in [-0.2, -0.15) is 0 Å². The molecule has 0 bridgehead atoms. The Morgan fingerprint density at radius 1 is 1.33 bits per heavy atom. The molecule has 0 aliphatic carbocycles. The molecule has 0 N–H and O–H groups in total. The molecule has 0 amide bonds. The Kier molecular flexibility index (Phi) is 1.57. The molecule has 0 aromatic rings. The third kappa shape index (κ3) is 1.01. The van der Waals surface area contributed by atoms with Crippen LogP contribution < -0.4 is 0 Å². The van der Waals surface area contributed by atoms with Crippen LogP contribution in [0.4, 0.5) is 0 Å². The van der Waals surface area contributed by atoms with Gasteiger partial charge in [0.25, 0.3) is 7.48 Å². The summed E-state index contributed by atoms with van der Waals surface area (Å²) in [6.45, 7) is 1.00. The Morgan fingerprint density at radius 3 is 2.50 bits per heavy atom. The van der Waals surface area contributed by atoms with Crippen molar-refractivity contribution in [1.82, 2.24) is 0 Å². The molecule has 1 rings (SSSR count). The van der Waals surface area contributed by atoms with Gasteiger partial charge < -0.3 is 4.65 Å². The second-order valence-corrected chi connectivity index (χ2v) is 1.67. The molecule has 0 aromatic heterocycles. The molecule has 0 radical (unpaired) electrons. The van der Waals surface area contributed by atoms with Crippen molar-refractivity contribution in [2.24, 2.45) is 0 Å². The van der Waals surface area contributed by atoms with Gasteiger partial charge in [0.1, 0.15) is 0 Å². The van der Waals surface area contributed by atoms with E-state index in [0.29, 0.717) is 0 Å². The van der Waals surface area contributed by atoms with E-state index in [9.17, 15) is 0 Å². The third-order valence-corrected chi connectivity index (χ3v) is 1.08. The first-order valence-corrected chi connectivity index (χ1v) is 2.58. The summed E-state index contributed by atoms with van der Waals surface area (Å²) in [6.07, 6.45) is 3.93. The second-order valence-electron chi connectivity index (χ2n) is 1.67. The largest absolute Gasteiger partial charge is 0.439 e. The Labute approximate surface area is 39.0 Å². The van der Waals surface area contributed by atoms with Crippen LogP contribution in [-0.2, 0) is 4.65 Å². The fraction of sp³-hybridized carbons (Fsp3) is 1.00. The van der Waals surface area contributed by atoms with Crippen LogP contribution in [0.15, 0.2) is 0 Å². The smallest absolute Gasteiger partial charge is 0.274 e. The van der Waals surface area contributed by atoms with Crippen molar-refractivity contribution in [1.29, 1.82) is 0 Å². The van der Waals surface area contributed by atoms with Gasteiger partial charge in [-0.15, -0.1) is 0 Å². The maximum atomic E-state index is 5.07. The van der Waals surface area contributed by atoms with Crippen molar-refractivity contribution in [3.05, 3.63) is 0 Å². The van der Waals surface area contributed by atoms with E-state index in [2.05, 4.69) is 0 Å². The van der Waals surface area contributed by atoms with Crippen molar-refractivity contribution in [3.63, 3.8) is 0 Å². The highest BCUT2D eigenvalue weighted by atomic mass is 16.4.